The van der Waals surface area contributed by atoms with Crippen LogP contribution in [0.15, 0.2) is 57.5 Å². The quantitative estimate of drug-likeness (QED) is 0.664. The lowest BCUT2D eigenvalue weighted by atomic mass is 10.1. The van der Waals surface area contributed by atoms with E-state index in [-0.39, 0.29) is 0 Å². The monoisotopic (exact) mass is 371 g/mol. The van der Waals surface area contributed by atoms with Gasteiger partial charge in [-0.1, -0.05) is 57.0 Å². The average Bonchev–Trinajstić information content (AvgIpc) is 2.98. The molecule has 0 saturated heterocycles. The first-order valence-electron chi connectivity index (χ1n) is 7.43. The minimum Gasteiger partial charge on any atom is -0.338 e. The van der Waals surface area contributed by atoms with E-state index in [0.717, 1.165) is 16.6 Å². The summed E-state index contributed by atoms with van der Waals surface area (Å²) >= 11 is 3.45. The second kappa shape index (κ2) is 7.06. The number of hydrogen-bond donors (Lipinski definition) is 0. The van der Waals surface area contributed by atoms with Gasteiger partial charge >= 0.3 is 0 Å². The van der Waals surface area contributed by atoms with Crippen LogP contribution >= 0.6 is 15.9 Å². The van der Waals surface area contributed by atoms with E-state index >= 15 is 0 Å². The summed E-state index contributed by atoms with van der Waals surface area (Å²) in [6.45, 7) is 3.50. The lowest BCUT2D eigenvalue weighted by Crippen LogP contribution is -2.17. The van der Waals surface area contributed by atoms with Gasteiger partial charge in [-0.3, -0.25) is 4.90 Å². The van der Waals surface area contributed by atoms with E-state index in [1.807, 2.05) is 31.3 Å². The molecule has 1 aromatic heterocycles. The summed E-state index contributed by atoms with van der Waals surface area (Å²) in [5, 5.41) is 4.08. The number of aromatic nitrogens is 2. The summed E-state index contributed by atoms with van der Waals surface area (Å²) in [5.41, 5.74) is 3.41. The fraction of sp³-hybridized carbons (Fsp3) is 0.222. The third-order valence-corrected chi connectivity index (χ3v) is 4.04. The van der Waals surface area contributed by atoms with Gasteiger partial charge in [-0.2, -0.15) is 4.98 Å². The first kappa shape index (κ1) is 15.9. The van der Waals surface area contributed by atoms with Crippen molar-refractivity contribution in [1.82, 2.24) is 15.0 Å². The van der Waals surface area contributed by atoms with Gasteiger partial charge in [0.05, 0.1) is 6.54 Å². The molecule has 0 aliphatic carbocycles. The molecule has 3 aromatic rings. The normalized spacial score (nSPS) is 11.1. The van der Waals surface area contributed by atoms with Crippen LogP contribution in [0, 0.1) is 6.92 Å². The molecule has 0 aliphatic rings. The van der Waals surface area contributed by atoms with Crippen LogP contribution in [0.25, 0.3) is 11.4 Å². The molecule has 0 fully saturated rings. The van der Waals surface area contributed by atoms with Gasteiger partial charge in [0.1, 0.15) is 0 Å². The minimum atomic E-state index is 0.620. The van der Waals surface area contributed by atoms with E-state index in [9.17, 15) is 0 Å². The molecule has 1 heterocycles. The Labute approximate surface area is 144 Å². The van der Waals surface area contributed by atoms with Crippen LogP contribution < -0.4 is 0 Å². The van der Waals surface area contributed by atoms with Crippen LogP contribution in [-0.4, -0.2) is 22.1 Å². The first-order chi connectivity index (χ1) is 11.1. The van der Waals surface area contributed by atoms with Gasteiger partial charge in [-0.05, 0) is 37.7 Å². The van der Waals surface area contributed by atoms with Gasteiger partial charge < -0.3 is 4.52 Å². The Hall–Kier alpha value is -1.98. The van der Waals surface area contributed by atoms with Crippen molar-refractivity contribution in [2.24, 2.45) is 0 Å². The van der Waals surface area contributed by atoms with E-state index in [0.29, 0.717) is 18.3 Å². The van der Waals surface area contributed by atoms with Gasteiger partial charge in [0.15, 0.2) is 0 Å². The zero-order chi connectivity index (χ0) is 16.2. The number of nitrogens with zero attached hydrogens (tertiary/aromatic N) is 3. The maximum absolute atomic E-state index is 5.38. The number of benzene rings is 2. The Bertz CT molecular complexity index is 783. The van der Waals surface area contributed by atoms with Crippen molar-refractivity contribution in [3.63, 3.8) is 0 Å². The van der Waals surface area contributed by atoms with Crippen molar-refractivity contribution in [1.29, 1.82) is 0 Å². The third-order valence-electron chi connectivity index (χ3n) is 3.52. The van der Waals surface area contributed by atoms with Crippen molar-refractivity contribution in [2.45, 2.75) is 20.0 Å². The SMILES string of the molecule is Cc1cccc(-c2noc(CN(C)Cc3ccc(Br)cc3)n2)c1. The van der Waals surface area contributed by atoms with Crippen molar-refractivity contribution < 1.29 is 4.52 Å². The van der Waals surface area contributed by atoms with Gasteiger partial charge in [0.25, 0.3) is 0 Å². The van der Waals surface area contributed by atoms with Crippen LogP contribution in [0.5, 0.6) is 0 Å². The molecule has 4 nitrogen and oxygen atoms in total. The maximum Gasteiger partial charge on any atom is 0.241 e. The molecule has 0 atom stereocenters. The molecule has 3 rings (SSSR count). The molecule has 118 valence electrons. The molecule has 5 heteroatoms. The zero-order valence-electron chi connectivity index (χ0n) is 13.2. The Morgan fingerprint density at radius 3 is 2.61 bits per heavy atom. The zero-order valence-corrected chi connectivity index (χ0v) is 14.7. The van der Waals surface area contributed by atoms with Crippen molar-refractivity contribution in [3.05, 3.63) is 70.0 Å². The van der Waals surface area contributed by atoms with Crippen LogP contribution in [0.4, 0.5) is 0 Å². The number of halogens is 1. The Kier molecular flexibility index (Phi) is 4.88. The summed E-state index contributed by atoms with van der Waals surface area (Å²) in [6, 6.07) is 16.4. The third kappa shape index (κ3) is 4.27. The molecular weight excluding hydrogens is 354 g/mol. The topological polar surface area (TPSA) is 42.2 Å². The standard InChI is InChI=1S/C18H18BrN3O/c1-13-4-3-5-15(10-13)18-20-17(23-21-18)12-22(2)11-14-6-8-16(19)9-7-14/h3-10H,11-12H2,1-2H3. The summed E-state index contributed by atoms with van der Waals surface area (Å²) < 4.78 is 6.46. The predicted octanol–water partition coefficient (Wildman–Crippen LogP) is 4.44. The van der Waals surface area contributed by atoms with E-state index in [2.05, 4.69) is 62.2 Å². The summed E-state index contributed by atoms with van der Waals surface area (Å²) in [7, 11) is 2.04. The number of rotatable bonds is 5. The van der Waals surface area contributed by atoms with Gasteiger partial charge in [0.2, 0.25) is 11.7 Å². The molecule has 2 aromatic carbocycles. The van der Waals surface area contributed by atoms with Gasteiger partial charge in [0, 0.05) is 16.6 Å². The predicted molar refractivity (Wildman–Crippen MR) is 93.8 cm³/mol. The Balaban J connectivity index is 1.65. The second-order valence-corrected chi connectivity index (χ2v) is 6.60. The molecular formula is C18H18BrN3O. The lowest BCUT2D eigenvalue weighted by Gasteiger charge is -2.14. The van der Waals surface area contributed by atoms with Crippen LogP contribution in [0.3, 0.4) is 0 Å². The smallest absolute Gasteiger partial charge is 0.241 e. The number of hydrogen-bond acceptors (Lipinski definition) is 4. The highest BCUT2D eigenvalue weighted by Gasteiger charge is 2.11. The molecule has 0 bridgehead atoms. The molecule has 0 aliphatic heterocycles. The summed E-state index contributed by atoms with van der Waals surface area (Å²) in [5.74, 6) is 1.27. The summed E-state index contributed by atoms with van der Waals surface area (Å²) in [4.78, 5) is 6.64. The second-order valence-electron chi connectivity index (χ2n) is 5.68. The summed E-state index contributed by atoms with van der Waals surface area (Å²) in [6.07, 6.45) is 0. The van der Waals surface area contributed by atoms with Crippen molar-refractivity contribution in [2.75, 3.05) is 7.05 Å². The molecule has 23 heavy (non-hydrogen) atoms. The fourth-order valence-corrected chi connectivity index (χ4v) is 2.67. The van der Waals surface area contributed by atoms with Crippen molar-refractivity contribution >= 4 is 15.9 Å². The molecule has 0 unspecified atom stereocenters. The van der Waals surface area contributed by atoms with E-state index in [4.69, 9.17) is 4.52 Å². The molecule has 0 N–H and O–H groups in total. The number of aryl methyl sites for hydroxylation is 1. The fourth-order valence-electron chi connectivity index (χ4n) is 2.41. The first-order valence-corrected chi connectivity index (χ1v) is 8.22. The van der Waals surface area contributed by atoms with E-state index in [1.165, 1.54) is 11.1 Å². The van der Waals surface area contributed by atoms with E-state index in [1.54, 1.807) is 0 Å². The Morgan fingerprint density at radius 2 is 1.87 bits per heavy atom. The Morgan fingerprint density at radius 1 is 1.09 bits per heavy atom. The molecule has 0 amide bonds. The largest absolute Gasteiger partial charge is 0.338 e. The van der Waals surface area contributed by atoms with Crippen LogP contribution in [0.2, 0.25) is 0 Å². The minimum absolute atomic E-state index is 0.620. The van der Waals surface area contributed by atoms with Crippen LogP contribution in [-0.2, 0) is 13.1 Å². The molecule has 0 radical (unpaired) electrons. The highest BCUT2D eigenvalue weighted by atomic mass is 79.9. The highest BCUT2D eigenvalue weighted by molar-refractivity contribution is 9.10. The molecule has 0 spiro atoms. The average molecular weight is 372 g/mol. The lowest BCUT2D eigenvalue weighted by molar-refractivity contribution is 0.261. The van der Waals surface area contributed by atoms with Crippen molar-refractivity contribution in [3.8, 4) is 11.4 Å². The van der Waals surface area contributed by atoms with Gasteiger partial charge in [-0.25, -0.2) is 0 Å². The maximum atomic E-state index is 5.38. The molecule has 0 saturated carbocycles. The van der Waals surface area contributed by atoms with E-state index < -0.39 is 0 Å². The van der Waals surface area contributed by atoms with Gasteiger partial charge in [-0.15, -0.1) is 0 Å². The highest BCUT2D eigenvalue weighted by Crippen LogP contribution is 2.18. The van der Waals surface area contributed by atoms with Crippen LogP contribution in [0.1, 0.15) is 17.0 Å².